The molecule has 0 radical (unpaired) electrons. The van der Waals surface area contributed by atoms with Crippen LogP contribution in [0.15, 0.2) is 6.07 Å². The van der Waals surface area contributed by atoms with Crippen LogP contribution < -0.4 is 4.90 Å². The number of carboxylic acids is 1. The summed E-state index contributed by atoms with van der Waals surface area (Å²) >= 11 is 0. The molecule has 0 aliphatic rings. The standard InChI is InChI=1S/C14H22N2O2/c1-6-7-11(4)16(5)13-12(14(17)18)9(2)8-10(3)15-13/h8,11H,6-7H2,1-5H3,(H,17,18). The molecule has 0 spiro atoms. The van der Waals surface area contributed by atoms with Gasteiger partial charge in [-0.05, 0) is 38.8 Å². The number of pyridine rings is 1. The fourth-order valence-electron chi connectivity index (χ4n) is 2.16. The molecular formula is C14H22N2O2. The maximum atomic E-state index is 11.4. The normalized spacial score (nSPS) is 12.3. The molecule has 0 bridgehead atoms. The first-order chi connectivity index (χ1) is 8.38. The summed E-state index contributed by atoms with van der Waals surface area (Å²) in [6.07, 6.45) is 2.09. The topological polar surface area (TPSA) is 53.4 Å². The maximum Gasteiger partial charge on any atom is 0.339 e. The van der Waals surface area contributed by atoms with Crippen LogP contribution in [-0.2, 0) is 0 Å². The van der Waals surface area contributed by atoms with Crippen molar-refractivity contribution in [2.24, 2.45) is 0 Å². The van der Waals surface area contributed by atoms with Crippen molar-refractivity contribution < 1.29 is 9.90 Å². The SMILES string of the molecule is CCCC(C)N(C)c1nc(C)cc(C)c1C(=O)O. The van der Waals surface area contributed by atoms with E-state index in [0.29, 0.717) is 11.4 Å². The van der Waals surface area contributed by atoms with Crippen molar-refractivity contribution in [2.45, 2.75) is 46.6 Å². The third-order valence-corrected chi connectivity index (χ3v) is 3.24. The number of carboxylic acid groups (broad SMARTS) is 1. The van der Waals surface area contributed by atoms with Crippen LogP contribution in [0.25, 0.3) is 0 Å². The number of anilines is 1. The maximum absolute atomic E-state index is 11.4. The Morgan fingerprint density at radius 3 is 2.61 bits per heavy atom. The highest BCUT2D eigenvalue weighted by Gasteiger charge is 2.21. The molecule has 1 unspecified atom stereocenters. The molecule has 0 saturated heterocycles. The molecule has 1 heterocycles. The van der Waals surface area contributed by atoms with E-state index in [4.69, 9.17) is 0 Å². The molecule has 18 heavy (non-hydrogen) atoms. The van der Waals surface area contributed by atoms with Gasteiger partial charge in [-0.15, -0.1) is 0 Å². The molecule has 0 aliphatic carbocycles. The molecule has 1 atom stereocenters. The lowest BCUT2D eigenvalue weighted by molar-refractivity contribution is 0.0696. The van der Waals surface area contributed by atoms with Crippen molar-refractivity contribution in [3.63, 3.8) is 0 Å². The Kier molecular flexibility index (Phi) is 4.70. The lowest BCUT2D eigenvalue weighted by atomic mass is 10.1. The predicted molar refractivity (Wildman–Crippen MR) is 73.4 cm³/mol. The zero-order valence-corrected chi connectivity index (χ0v) is 11.8. The van der Waals surface area contributed by atoms with Gasteiger partial charge in [-0.2, -0.15) is 0 Å². The second kappa shape index (κ2) is 5.85. The van der Waals surface area contributed by atoms with Crippen molar-refractivity contribution >= 4 is 11.8 Å². The third kappa shape index (κ3) is 3.00. The van der Waals surface area contributed by atoms with Gasteiger partial charge in [-0.25, -0.2) is 9.78 Å². The van der Waals surface area contributed by atoms with Crippen molar-refractivity contribution in [3.05, 3.63) is 22.9 Å². The minimum absolute atomic E-state index is 0.279. The van der Waals surface area contributed by atoms with E-state index in [9.17, 15) is 9.90 Å². The average molecular weight is 250 g/mol. The van der Waals surface area contributed by atoms with E-state index >= 15 is 0 Å². The Bertz CT molecular complexity index is 444. The molecule has 100 valence electrons. The van der Waals surface area contributed by atoms with Crippen LogP contribution in [0.4, 0.5) is 5.82 Å². The Balaban J connectivity index is 3.25. The quantitative estimate of drug-likeness (QED) is 0.872. The van der Waals surface area contributed by atoms with Gasteiger partial charge in [0.2, 0.25) is 0 Å². The predicted octanol–water partition coefficient (Wildman–Crippen LogP) is 3.02. The van der Waals surface area contributed by atoms with Crippen molar-refractivity contribution in [1.29, 1.82) is 0 Å². The van der Waals surface area contributed by atoms with Crippen molar-refractivity contribution in [3.8, 4) is 0 Å². The van der Waals surface area contributed by atoms with Crippen LogP contribution >= 0.6 is 0 Å². The largest absolute Gasteiger partial charge is 0.478 e. The van der Waals surface area contributed by atoms with Crippen LogP contribution in [-0.4, -0.2) is 29.1 Å². The Morgan fingerprint density at radius 2 is 2.11 bits per heavy atom. The summed E-state index contributed by atoms with van der Waals surface area (Å²) < 4.78 is 0. The van der Waals surface area contributed by atoms with Crippen molar-refractivity contribution in [2.75, 3.05) is 11.9 Å². The van der Waals surface area contributed by atoms with Crippen LogP contribution in [0.2, 0.25) is 0 Å². The zero-order valence-electron chi connectivity index (χ0n) is 11.8. The molecule has 1 aromatic rings. The lowest BCUT2D eigenvalue weighted by Crippen LogP contribution is -2.31. The molecule has 0 aliphatic heterocycles. The smallest absolute Gasteiger partial charge is 0.339 e. The summed E-state index contributed by atoms with van der Waals surface area (Å²) in [5, 5.41) is 9.33. The molecule has 0 amide bonds. The summed E-state index contributed by atoms with van der Waals surface area (Å²) in [5.41, 5.74) is 1.93. The Hall–Kier alpha value is -1.58. The highest BCUT2D eigenvalue weighted by molar-refractivity contribution is 5.95. The van der Waals surface area contributed by atoms with Crippen LogP contribution in [0.1, 0.15) is 48.3 Å². The molecule has 4 nitrogen and oxygen atoms in total. The van der Waals surface area contributed by atoms with Gasteiger partial charge in [-0.1, -0.05) is 13.3 Å². The number of aromatic nitrogens is 1. The van der Waals surface area contributed by atoms with Crippen LogP contribution in [0, 0.1) is 13.8 Å². The first-order valence-corrected chi connectivity index (χ1v) is 6.32. The Labute approximate surface area is 109 Å². The second-order valence-corrected chi connectivity index (χ2v) is 4.83. The van der Waals surface area contributed by atoms with Crippen LogP contribution in [0.3, 0.4) is 0 Å². The first-order valence-electron chi connectivity index (χ1n) is 6.32. The summed E-state index contributed by atoms with van der Waals surface area (Å²) in [4.78, 5) is 17.7. The third-order valence-electron chi connectivity index (χ3n) is 3.24. The van der Waals surface area contributed by atoms with E-state index in [-0.39, 0.29) is 6.04 Å². The second-order valence-electron chi connectivity index (χ2n) is 4.83. The van der Waals surface area contributed by atoms with E-state index in [1.165, 1.54) is 0 Å². The summed E-state index contributed by atoms with van der Waals surface area (Å²) in [7, 11) is 1.91. The van der Waals surface area contributed by atoms with Gasteiger partial charge in [0.1, 0.15) is 11.4 Å². The van der Waals surface area contributed by atoms with Crippen molar-refractivity contribution in [1.82, 2.24) is 4.98 Å². The molecule has 1 N–H and O–H groups in total. The number of aryl methyl sites for hydroxylation is 2. The molecule has 4 heteroatoms. The van der Waals surface area contributed by atoms with Gasteiger partial charge in [-0.3, -0.25) is 0 Å². The number of rotatable bonds is 5. The van der Waals surface area contributed by atoms with Gasteiger partial charge in [0.25, 0.3) is 0 Å². The van der Waals surface area contributed by atoms with Crippen LogP contribution in [0.5, 0.6) is 0 Å². The number of carbonyl (C=O) groups is 1. The molecule has 0 fully saturated rings. The monoisotopic (exact) mass is 250 g/mol. The van der Waals surface area contributed by atoms with E-state index < -0.39 is 5.97 Å². The van der Waals surface area contributed by atoms with E-state index in [1.54, 1.807) is 0 Å². The molecular weight excluding hydrogens is 228 g/mol. The summed E-state index contributed by atoms with van der Waals surface area (Å²) in [5.74, 6) is -0.341. The Morgan fingerprint density at radius 1 is 1.50 bits per heavy atom. The zero-order chi connectivity index (χ0) is 13.9. The van der Waals surface area contributed by atoms with Gasteiger partial charge >= 0.3 is 5.97 Å². The van der Waals surface area contributed by atoms with E-state index in [0.717, 1.165) is 24.1 Å². The number of hydrogen-bond donors (Lipinski definition) is 1. The summed E-state index contributed by atoms with van der Waals surface area (Å²) in [6.45, 7) is 7.92. The number of aromatic carboxylic acids is 1. The minimum Gasteiger partial charge on any atom is -0.478 e. The lowest BCUT2D eigenvalue weighted by Gasteiger charge is -2.27. The fourth-order valence-corrected chi connectivity index (χ4v) is 2.16. The fraction of sp³-hybridized carbons (Fsp3) is 0.571. The molecule has 1 aromatic heterocycles. The average Bonchev–Trinajstić information content (AvgIpc) is 2.26. The molecule has 0 aromatic carbocycles. The molecule has 0 saturated carbocycles. The minimum atomic E-state index is -0.912. The highest BCUT2D eigenvalue weighted by Crippen LogP contribution is 2.24. The summed E-state index contributed by atoms with van der Waals surface area (Å²) in [6, 6.07) is 2.09. The van der Waals surface area contributed by atoms with Gasteiger partial charge < -0.3 is 10.0 Å². The van der Waals surface area contributed by atoms with Gasteiger partial charge in [0.05, 0.1) is 0 Å². The first kappa shape index (κ1) is 14.5. The van der Waals surface area contributed by atoms with E-state index in [2.05, 4.69) is 18.8 Å². The van der Waals surface area contributed by atoms with Gasteiger partial charge in [0, 0.05) is 18.8 Å². The molecule has 1 rings (SSSR count). The van der Waals surface area contributed by atoms with Gasteiger partial charge in [0.15, 0.2) is 0 Å². The highest BCUT2D eigenvalue weighted by atomic mass is 16.4. The number of hydrogen-bond acceptors (Lipinski definition) is 3. The number of nitrogens with zero attached hydrogens (tertiary/aromatic N) is 2. The van der Waals surface area contributed by atoms with E-state index in [1.807, 2.05) is 31.9 Å².